The van der Waals surface area contributed by atoms with Gasteiger partial charge in [0.15, 0.2) is 0 Å². The molecule has 0 aromatic carbocycles. The minimum Gasteiger partial charge on any atom is -0.459 e. The monoisotopic (exact) mass is 416 g/mol. The van der Waals surface area contributed by atoms with E-state index in [-0.39, 0.29) is 18.6 Å². The van der Waals surface area contributed by atoms with E-state index < -0.39 is 22.8 Å². The molecule has 2 heterocycles. The van der Waals surface area contributed by atoms with Gasteiger partial charge in [0.2, 0.25) is 0 Å². The molecular formula is C20H24N4O4S. The van der Waals surface area contributed by atoms with Crippen LogP contribution in [-0.2, 0) is 21.6 Å². The van der Waals surface area contributed by atoms with Gasteiger partial charge in [0.05, 0.1) is 21.9 Å². The molecule has 1 aliphatic carbocycles. The van der Waals surface area contributed by atoms with Gasteiger partial charge in [-0.1, -0.05) is 0 Å². The highest BCUT2D eigenvalue weighted by atomic mass is 32.1. The molecule has 8 nitrogen and oxygen atoms in total. The van der Waals surface area contributed by atoms with Crippen LogP contribution >= 0.6 is 11.3 Å². The van der Waals surface area contributed by atoms with Gasteiger partial charge in [-0.3, -0.25) is 23.7 Å². The fourth-order valence-electron chi connectivity index (χ4n) is 3.15. The normalized spacial score (nSPS) is 15.6. The van der Waals surface area contributed by atoms with E-state index in [0.717, 1.165) is 12.8 Å². The third-order valence-corrected chi connectivity index (χ3v) is 6.09. The van der Waals surface area contributed by atoms with Gasteiger partial charge >= 0.3 is 11.7 Å². The van der Waals surface area contributed by atoms with Crippen LogP contribution < -0.4 is 11.2 Å². The maximum Gasteiger partial charge on any atom is 0.333 e. The number of hydrogen-bond acceptors (Lipinski definition) is 7. The van der Waals surface area contributed by atoms with Crippen LogP contribution in [0.5, 0.6) is 0 Å². The summed E-state index contributed by atoms with van der Waals surface area (Å²) in [5.74, 6) is -0.446. The van der Waals surface area contributed by atoms with Crippen molar-refractivity contribution in [2.24, 2.45) is 4.99 Å². The summed E-state index contributed by atoms with van der Waals surface area (Å²) in [6, 6.07) is 2.00. The molecule has 0 N–H and O–H groups in total. The Morgan fingerprint density at radius 3 is 2.59 bits per heavy atom. The van der Waals surface area contributed by atoms with Crippen molar-refractivity contribution in [1.29, 1.82) is 5.26 Å². The zero-order valence-electron chi connectivity index (χ0n) is 17.2. The molecule has 0 spiro atoms. The van der Waals surface area contributed by atoms with Crippen molar-refractivity contribution in [3.05, 3.63) is 31.3 Å². The first-order valence-corrected chi connectivity index (χ1v) is 10.2. The highest BCUT2D eigenvalue weighted by Gasteiger charge is 2.43. The van der Waals surface area contributed by atoms with Gasteiger partial charge in [-0.2, -0.15) is 5.26 Å². The van der Waals surface area contributed by atoms with Crippen molar-refractivity contribution in [3.63, 3.8) is 0 Å². The number of hydrogen-bond donors (Lipinski definition) is 0. The van der Waals surface area contributed by atoms with Crippen molar-refractivity contribution in [1.82, 2.24) is 9.13 Å². The molecule has 1 saturated carbocycles. The number of nitriles is 1. The van der Waals surface area contributed by atoms with Gasteiger partial charge in [-0.25, -0.2) is 4.79 Å². The van der Waals surface area contributed by atoms with E-state index >= 15 is 0 Å². The van der Waals surface area contributed by atoms with E-state index in [0.29, 0.717) is 20.7 Å². The highest BCUT2D eigenvalue weighted by Crippen LogP contribution is 2.41. The number of carbonyl (C=O) groups is 1. The van der Waals surface area contributed by atoms with Gasteiger partial charge in [-0.15, -0.1) is 11.3 Å². The predicted octanol–water partition coefficient (Wildman–Crippen LogP) is 2.33. The summed E-state index contributed by atoms with van der Waals surface area (Å²) in [4.78, 5) is 43.2. The lowest BCUT2D eigenvalue weighted by molar-refractivity contribution is -0.152. The van der Waals surface area contributed by atoms with E-state index in [2.05, 4.69) is 4.99 Å². The second-order valence-corrected chi connectivity index (χ2v) is 9.52. The molecule has 154 valence electrons. The molecule has 2 aromatic heterocycles. The third-order valence-electron chi connectivity index (χ3n) is 4.84. The number of ether oxygens (including phenoxy) is 1. The molecule has 0 saturated heterocycles. The van der Waals surface area contributed by atoms with Crippen LogP contribution in [0.3, 0.4) is 0 Å². The van der Waals surface area contributed by atoms with Crippen molar-refractivity contribution in [3.8, 4) is 6.07 Å². The standard InChI is InChI=1S/C20H24N4O4S/c1-12-13(10-22-11-14(25)28-19(2,3)4)29-17-15(12)16(26)24(20(5)6-7-20)18(27)23(17)9-8-21/h10H,6-7,9,11H2,1-5H3. The summed E-state index contributed by atoms with van der Waals surface area (Å²) in [5.41, 5.74) is -1.17. The fraction of sp³-hybridized carbons (Fsp3) is 0.550. The van der Waals surface area contributed by atoms with Crippen LogP contribution in [0.2, 0.25) is 0 Å². The Kier molecular flexibility index (Phi) is 5.26. The number of carbonyl (C=O) groups excluding carboxylic acids is 1. The summed E-state index contributed by atoms with van der Waals surface area (Å²) in [7, 11) is 0. The molecule has 0 aliphatic heterocycles. The molecule has 1 aliphatic rings. The number of fused-ring (bicyclic) bond motifs is 1. The summed E-state index contributed by atoms with van der Waals surface area (Å²) in [6.07, 6.45) is 3.04. The number of rotatable bonds is 5. The molecule has 1 fully saturated rings. The van der Waals surface area contributed by atoms with Crippen LogP contribution in [0, 0.1) is 18.3 Å². The number of nitrogens with zero attached hydrogens (tertiary/aromatic N) is 4. The van der Waals surface area contributed by atoms with Gasteiger partial charge in [-0.05, 0) is 53.0 Å². The van der Waals surface area contributed by atoms with E-state index in [4.69, 9.17) is 4.74 Å². The number of aromatic nitrogens is 2. The molecule has 29 heavy (non-hydrogen) atoms. The van der Waals surface area contributed by atoms with E-state index in [1.807, 2.05) is 13.0 Å². The van der Waals surface area contributed by atoms with Crippen LogP contribution in [-0.4, -0.2) is 33.5 Å². The number of thiophene rings is 1. The zero-order chi connectivity index (χ0) is 21.6. The number of aryl methyl sites for hydroxylation is 1. The second-order valence-electron chi connectivity index (χ2n) is 8.49. The topological polar surface area (TPSA) is 106 Å². The first-order chi connectivity index (χ1) is 13.5. The summed E-state index contributed by atoms with van der Waals surface area (Å²) >= 11 is 1.22. The summed E-state index contributed by atoms with van der Waals surface area (Å²) in [6.45, 7) is 8.73. The van der Waals surface area contributed by atoms with Crippen molar-refractivity contribution < 1.29 is 9.53 Å². The molecule has 0 amide bonds. The van der Waals surface area contributed by atoms with E-state index in [1.165, 1.54) is 26.7 Å². The van der Waals surface area contributed by atoms with Crippen molar-refractivity contribution >= 4 is 33.7 Å². The molecule has 9 heteroatoms. The lowest BCUT2D eigenvalue weighted by Crippen LogP contribution is -2.44. The smallest absolute Gasteiger partial charge is 0.333 e. The van der Waals surface area contributed by atoms with Crippen LogP contribution in [0.1, 0.15) is 51.0 Å². The Morgan fingerprint density at radius 2 is 2.03 bits per heavy atom. The fourth-order valence-corrected chi connectivity index (χ4v) is 4.34. The Balaban J connectivity index is 2.06. The van der Waals surface area contributed by atoms with Crippen LogP contribution in [0.25, 0.3) is 10.2 Å². The zero-order valence-corrected chi connectivity index (χ0v) is 18.1. The molecule has 0 unspecified atom stereocenters. The van der Waals surface area contributed by atoms with Gasteiger partial charge in [0, 0.05) is 6.21 Å². The lowest BCUT2D eigenvalue weighted by atomic mass is 10.2. The third kappa shape index (κ3) is 4.03. The van der Waals surface area contributed by atoms with Gasteiger partial charge in [0.25, 0.3) is 5.56 Å². The van der Waals surface area contributed by atoms with Gasteiger partial charge in [0.1, 0.15) is 23.5 Å². The SMILES string of the molecule is Cc1c(C=NCC(=O)OC(C)(C)C)sc2c1c(=O)n(C1(C)CC1)c(=O)n2CC#N. The van der Waals surface area contributed by atoms with Gasteiger partial charge < -0.3 is 4.74 Å². The lowest BCUT2D eigenvalue weighted by Gasteiger charge is -2.18. The van der Waals surface area contributed by atoms with Crippen molar-refractivity contribution in [2.45, 2.75) is 65.1 Å². The molecule has 0 atom stereocenters. The predicted molar refractivity (Wildman–Crippen MR) is 112 cm³/mol. The van der Waals surface area contributed by atoms with E-state index in [9.17, 15) is 19.6 Å². The minimum atomic E-state index is -0.586. The molecule has 2 aromatic rings. The maximum atomic E-state index is 13.1. The molecule has 3 rings (SSSR count). The minimum absolute atomic E-state index is 0.139. The molecule has 0 radical (unpaired) electrons. The average Bonchev–Trinajstić information content (AvgIpc) is 3.24. The summed E-state index contributed by atoms with van der Waals surface area (Å²) < 4.78 is 7.86. The van der Waals surface area contributed by atoms with Crippen LogP contribution in [0.15, 0.2) is 14.6 Å². The molecule has 0 bridgehead atoms. The highest BCUT2D eigenvalue weighted by molar-refractivity contribution is 7.20. The van der Waals surface area contributed by atoms with Crippen LogP contribution in [0.4, 0.5) is 0 Å². The largest absolute Gasteiger partial charge is 0.459 e. The Labute approximate surface area is 172 Å². The number of esters is 1. The summed E-state index contributed by atoms with van der Waals surface area (Å²) in [5, 5.41) is 9.61. The second kappa shape index (κ2) is 7.26. The van der Waals surface area contributed by atoms with Crippen molar-refractivity contribution in [2.75, 3.05) is 6.54 Å². The maximum absolute atomic E-state index is 13.1. The Hall–Kier alpha value is -2.73. The number of aliphatic imine (C=N–C) groups is 1. The Bertz CT molecular complexity index is 1170. The first kappa shape index (κ1) is 21.0. The quantitative estimate of drug-likeness (QED) is 0.549. The molecular weight excluding hydrogens is 392 g/mol. The average molecular weight is 417 g/mol. The van der Waals surface area contributed by atoms with E-state index in [1.54, 1.807) is 27.7 Å². The first-order valence-electron chi connectivity index (χ1n) is 9.36. The Morgan fingerprint density at radius 1 is 1.38 bits per heavy atom.